The summed E-state index contributed by atoms with van der Waals surface area (Å²) in [7, 11) is 0. The number of aromatic amines is 1. The van der Waals surface area contributed by atoms with E-state index in [1.165, 1.54) is 6.20 Å². The summed E-state index contributed by atoms with van der Waals surface area (Å²) in [6.45, 7) is 0. The Morgan fingerprint density at radius 2 is 2.17 bits per heavy atom. The molecule has 1 aromatic heterocycles. The van der Waals surface area contributed by atoms with E-state index >= 15 is 0 Å². The second kappa shape index (κ2) is 5.35. The van der Waals surface area contributed by atoms with Gasteiger partial charge in [-0.1, -0.05) is 29.8 Å². The topological polar surface area (TPSA) is 94.5 Å². The number of azide groups is 1. The van der Waals surface area contributed by atoms with Crippen molar-refractivity contribution in [3.8, 4) is 0 Å². The van der Waals surface area contributed by atoms with E-state index in [-0.39, 0.29) is 11.5 Å². The Morgan fingerprint density at radius 3 is 2.83 bits per heavy atom. The first-order valence-corrected chi connectivity index (χ1v) is 5.45. The quantitative estimate of drug-likeness (QED) is 0.522. The fourth-order valence-electron chi connectivity index (χ4n) is 1.48. The number of aromatic nitrogens is 2. The van der Waals surface area contributed by atoms with Crippen LogP contribution in [0, 0.1) is 0 Å². The Labute approximate surface area is 107 Å². The van der Waals surface area contributed by atoms with Gasteiger partial charge in [-0.2, -0.15) is 0 Å². The fourth-order valence-corrected chi connectivity index (χ4v) is 1.68. The molecule has 1 aromatic carbocycles. The highest BCUT2D eigenvalue weighted by atomic mass is 35.5. The van der Waals surface area contributed by atoms with E-state index in [9.17, 15) is 4.79 Å². The first kappa shape index (κ1) is 12.2. The third-order valence-electron chi connectivity index (χ3n) is 2.34. The first-order chi connectivity index (χ1) is 8.70. The van der Waals surface area contributed by atoms with Gasteiger partial charge in [0.25, 0.3) is 5.56 Å². The number of halogens is 1. The van der Waals surface area contributed by atoms with E-state index in [2.05, 4.69) is 20.0 Å². The van der Waals surface area contributed by atoms with Crippen LogP contribution in [0.3, 0.4) is 0 Å². The summed E-state index contributed by atoms with van der Waals surface area (Å²) in [4.78, 5) is 20.5. The Kier molecular flexibility index (Phi) is 3.62. The molecule has 0 saturated heterocycles. The average Bonchev–Trinajstić information content (AvgIpc) is 2.35. The zero-order valence-corrected chi connectivity index (χ0v) is 9.92. The van der Waals surface area contributed by atoms with Crippen molar-refractivity contribution in [1.82, 2.24) is 9.97 Å². The van der Waals surface area contributed by atoms with Crippen LogP contribution >= 0.6 is 11.6 Å². The molecule has 0 aliphatic rings. The predicted molar refractivity (Wildman–Crippen MR) is 67.9 cm³/mol. The molecule has 1 heterocycles. The highest BCUT2D eigenvalue weighted by Gasteiger charge is 2.05. The Morgan fingerprint density at radius 1 is 1.39 bits per heavy atom. The van der Waals surface area contributed by atoms with Gasteiger partial charge in [-0.25, -0.2) is 4.98 Å². The van der Waals surface area contributed by atoms with Gasteiger partial charge < -0.3 is 4.98 Å². The molecule has 0 radical (unpaired) electrons. The van der Waals surface area contributed by atoms with Gasteiger partial charge in [0.15, 0.2) is 5.95 Å². The smallest absolute Gasteiger partial charge is 0.254 e. The number of hydrogen-bond donors (Lipinski definition) is 1. The van der Waals surface area contributed by atoms with Crippen molar-refractivity contribution in [1.29, 1.82) is 0 Å². The van der Waals surface area contributed by atoms with Crippen molar-refractivity contribution in [2.24, 2.45) is 5.11 Å². The molecular formula is C11H8ClN5O. The number of rotatable bonds is 3. The number of nitrogens with zero attached hydrogens (tertiary/aromatic N) is 4. The number of hydrogen-bond acceptors (Lipinski definition) is 3. The Balaban J connectivity index is 2.33. The van der Waals surface area contributed by atoms with Crippen LogP contribution in [0.5, 0.6) is 0 Å². The van der Waals surface area contributed by atoms with Crippen molar-refractivity contribution in [2.75, 3.05) is 0 Å². The summed E-state index contributed by atoms with van der Waals surface area (Å²) in [6.07, 6.45) is 1.75. The Bertz CT molecular complexity index is 675. The van der Waals surface area contributed by atoms with Gasteiger partial charge in [-0.15, -0.1) is 0 Å². The van der Waals surface area contributed by atoms with Gasteiger partial charge >= 0.3 is 0 Å². The van der Waals surface area contributed by atoms with Gasteiger partial charge in [0.05, 0.1) is 0 Å². The van der Waals surface area contributed by atoms with E-state index in [4.69, 9.17) is 17.1 Å². The predicted octanol–water partition coefficient (Wildman–Crippen LogP) is 2.96. The molecule has 2 rings (SSSR count). The normalized spacial score (nSPS) is 9.83. The fraction of sp³-hybridized carbons (Fsp3) is 0.0909. The molecule has 0 saturated carbocycles. The maximum atomic E-state index is 11.7. The second-order valence-corrected chi connectivity index (χ2v) is 3.93. The third kappa shape index (κ3) is 2.68. The zero-order chi connectivity index (χ0) is 13.0. The van der Waals surface area contributed by atoms with Crippen LogP contribution in [0.15, 0.2) is 40.4 Å². The van der Waals surface area contributed by atoms with Crippen molar-refractivity contribution < 1.29 is 0 Å². The lowest BCUT2D eigenvalue weighted by atomic mass is 10.1. The molecule has 1 N–H and O–H groups in total. The number of benzene rings is 1. The molecule has 6 nitrogen and oxygen atoms in total. The van der Waals surface area contributed by atoms with Crippen LogP contribution in [-0.4, -0.2) is 9.97 Å². The number of H-pyrrole nitrogens is 1. The molecule has 0 aliphatic heterocycles. The minimum Gasteiger partial charge on any atom is -0.305 e. The van der Waals surface area contributed by atoms with E-state index in [0.717, 1.165) is 5.56 Å². The monoisotopic (exact) mass is 261 g/mol. The lowest BCUT2D eigenvalue weighted by Gasteiger charge is -2.03. The highest BCUT2D eigenvalue weighted by molar-refractivity contribution is 6.31. The van der Waals surface area contributed by atoms with Gasteiger partial charge in [-0.3, -0.25) is 4.79 Å². The van der Waals surface area contributed by atoms with E-state index in [1.807, 2.05) is 18.2 Å². The molecule has 0 aliphatic carbocycles. The van der Waals surface area contributed by atoms with Crippen LogP contribution in [0.25, 0.3) is 10.4 Å². The molecule has 0 bridgehead atoms. The molecule has 7 heteroatoms. The lowest BCUT2D eigenvalue weighted by Crippen LogP contribution is -2.13. The summed E-state index contributed by atoms with van der Waals surface area (Å²) >= 11 is 6.01. The molecule has 0 fully saturated rings. The van der Waals surface area contributed by atoms with Gasteiger partial charge in [0.1, 0.15) is 0 Å². The standard InChI is InChI=1S/C11H8ClN5O/c12-9-4-2-1-3-7(9)5-8-6-14-11(16-17-13)15-10(8)18/h1-4,6H,5H2,(H,14,15,18). The molecule has 0 unspecified atom stereocenters. The molecule has 0 atom stereocenters. The van der Waals surface area contributed by atoms with Crippen molar-refractivity contribution in [3.05, 3.63) is 67.4 Å². The summed E-state index contributed by atoms with van der Waals surface area (Å²) in [5.41, 5.74) is 9.18. The zero-order valence-electron chi connectivity index (χ0n) is 9.17. The molecule has 0 spiro atoms. The molecule has 18 heavy (non-hydrogen) atoms. The van der Waals surface area contributed by atoms with Crippen molar-refractivity contribution in [2.45, 2.75) is 6.42 Å². The largest absolute Gasteiger partial charge is 0.305 e. The number of nitrogens with one attached hydrogen (secondary N) is 1. The van der Waals surface area contributed by atoms with Gasteiger partial charge in [0, 0.05) is 28.1 Å². The summed E-state index contributed by atoms with van der Waals surface area (Å²) < 4.78 is 0. The maximum Gasteiger partial charge on any atom is 0.254 e. The van der Waals surface area contributed by atoms with Crippen LogP contribution in [0.2, 0.25) is 5.02 Å². The lowest BCUT2D eigenvalue weighted by molar-refractivity contribution is 1.01. The van der Waals surface area contributed by atoms with Crippen LogP contribution in [-0.2, 0) is 6.42 Å². The summed E-state index contributed by atoms with van der Waals surface area (Å²) in [6, 6.07) is 7.26. The van der Waals surface area contributed by atoms with E-state index in [1.54, 1.807) is 6.07 Å². The van der Waals surface area contributed by atoms with Crippen LogP contribution in [0.1, 0.15) is 11.1 Å². The van der Waals surface area contributed by atoms with E-state index < -0.39 is 0 Å². The average molecular weight is 262 g/mol. The SMILES string of the molecule is [N-]=[N+]=Nc1ncc(Cc2ccccc2Cl)c(=O)[nH]1. The summed E-state index contributed by atoms with van der Waals surface area (Å²) in [5, 5.41) is 3.81. The second-order valence-electron chi connectivity index (χ2n) is 3.52. The maximum absolute atomic E-state index is 11.7. The minimum absolute atomic E-state index is 0.0505. The molecular weight excluding hydrogens is 254 g/mol. The van der Waals surface area contributed by atoms with Crippen LogP contribution < -0.4 is 5.56 Å². The molecule has 90 valence electrons. The van der Waals surface area contributed by atoms with Crippen molar-refractivity contribution in [3.63, 3.8) is 0 Å². The van der Waals surface area contributed by atoms with Gasteiger partial charge in [-0.05, 0) is 22.3 Å². The van der Waals surface area contributed by atoms with Crippen molar-refractivity contribution >= 4 is 17.5 Å². The Hall–Kier alpha value is -2.30. The minimum atomic E-state index is -0.340. The highest BCUT2D eigenvalue weighted by Crippen LogP contribution is 2.17. The molecule has 2 aromatic rings. The molecule has 0 amide bonds. The third-order valence-corrected chi connectivity index (χ3v) is 2.71. The van der Waals surface area contributed by atoms with Crippen LogP contribution in [0.4, 0.5) is 5.95 Å². The summed E-state index contributed by atoms with van der Waals surface area (Å²) in [5.74, 6) is -0.0505. The first-order valence-electron chi connectivity index (χ1n) is 5.07. The van der Waals surface area contributed by atoms with E-state index in [0.29, 0.717) is 17.0 Å². The van der Waals surface area contributed by atoms with Gasteiger partial charge in [0.2, 0.25) is 0 Å².